The molecule has 0 atom stereocenters. The lowest BCUT2D eigenvalue weighted by Gasteiger charge is -2.07. The molecule has 1 aromatic heterocycles. The van der Waals surface area contributed by atoms with Crippen molar-refractivity contribution in [3.8, 4) is 0 Å². The quantitative estimate of drug-likeness (QED) is 0.676. The van der Waals surface area contributed by atoms with Gasteiger partial charge in [0.15, 0.2) is 5.78 Å². The third-order valence-corrected chi connectivity index (χ3v) is 3.90. The Hall–Kier alpha value is -3.28. The molecule has 1 heterocycles. The van der Waals surface area contributed by atoms with Crippen LogP contribution in [0, 0.1) is 0 Å². The second-order valence-corrected chi connectivity index (χ2v) is 5.61. The number of hydrogen-bond acceptors (Lipinski definition) is 4. The number of nitrogens with zero attached hydrogens (tertiary/aromatic N) is 1. The maximum absolute atomic E-state index is 12.0. The molecular formula is C19H17N3O3. The number of aromatic amines is 1. The summed E-state index contributed by atoms with van der Waals surface area (Å²) in [5, 5.41) is 10.4. The van der Waals surface area contributed by atoms with E-state index in [9.17, 15) is 14.4 Å². The van der Waals surface area contributed by atoms with E-state index in [4.69, 9.17) is 0 Å². The van der Waals surface area contributed by atoms with Crippen molar-refractivity contribution in [3.63, 3.8) is 0 Å². The molecule has 2 N–H and O–H groups in total. The minimum absolute atomic E-state index is 0.0663. The predicted molar refractivity (Wildman–Crippen MR) is 94.2 cm³/mol. The number of rotatable bonds is 6. The van der Waals surface area contributed by atoms with Crippen LogP contribution in [0.2, 0.25) is 0 Å². The molecule has 0 radical (unpaired) electrons. The van der Waals surface area contributed by atoms with Crippen molar-refractivity contribution in [3.05, 3.63) is 76.2 Å². The summed E-state index contributed by atoms with van der Waals surface area (Å²) in [5.74, 6) is -0.301. The van der Waals surface area contributed by atoms with E-state index in [2.05, 4.69) is 15.5 Å². The summed E-state index contributed by atoms with van der Waals surface area (Å²) in [7, 11) is 0. The van der Waals surface area contributed by atoms with E-state index >= 15 is 0 Å². The number of carbonyl (C=O) groups excluding carboxylic acids is 2. The van der Waals surface area contributed by atoms with E-state index in [0.717, 1.165) is 0 Å². The molecule has 0 bridgehead atoms. The minimum Gasteiger partial charge on any atom is -0.350 e. The highest BCUT2D eigenvalue weighted by molar-refractivity contribution is 5.97. The molecule has 6 heteroatoms. The van der Waals surface area contributed by atoms with E-state index in [-0.39, 0.29) is 36.6 Å². The van der Waals surface area contributed by atoms with Gasteiger partial charge < -0.3 is 5.32 Å². The lowest BCUT2D eigenvalue weighted by molar-refractivity contribution is -0.121. The first kappa shape index (κ1) is 16.6. The van der Waals surface area contributed by atoms with Gasteiger partial charge in [0, 0.05) is 23.8 Å². The van der Waals surface area contributed by atoms with Gasteiger partial charge in [-0.25, -0.2) is 5.10 Å². The van der Waals surface area contributed by atoms with Crippen LogP contribution >= 0.6 is 0 Å². The zero-order chi connectivity index (χ0) is 17.6. The van der Waals surface area contributed by atoms with Crippen LogP contribution in [-0.4, -0.2) is 21.9 Å². The summed E-state index contributed by atoms with van der Waals surface area (Å²) in [6.45, 7) is 0.190. The molecule has 3 rings (SSSR count). The molecule has 2 aromatic carbocycles. The van der Waals surface area contributed by atoms with Crippen LogP contribution < -0.4 is 10.9 Å². The normalized spacial score (nSPS) is 10.6. The van der Waals surface area contributed by atoms with Gasteiger partial charge in [0.25, 0.3) is 5.56 Å². The van der Waals surface area contributed by atoms with Gasteiger partial charge in [0.05, 0.1) is 17.6 Å². The van der Waals surface area contributed by atoms with Crippen LogP contribution in [0.5, 0.6) is 0 Å². The van der Waals surface area contributed by atoms with Gasteiger partial charge in [-0.15, -0.1) is 0 Å². The standard InChI is InChI=1S/C19H17N3O3/c23-17(13-6-2-1-3-7-13)10-11-18(24)20-12-16-14-8-4-5-9-15(14)19(25)22-21-16/h1-9H,10-12H2,(H,20,24)(H,22,25). The summed E-state index contributed by atoms with van der Waals surface area (Å²) in [4.78, 5) is 35.7. The average molecular weight is 335 g/mol. The topological polar surface area (TPSA) is 91.9 Å². The van der Waals surface area contributed by atoms with Crippen molar-refractivity contribution >= 4 is 22.5 Å². The number of benzene rings is 2. The van der Waals surface area contributed by atoms with E-state index in [1.807, 2.05) is 12.1 Å². The summed E-state index contributed by atoms with van der Waals surface area (Å²) >= 11 is 0. The van der Waals surface area contributed by atoms with E-state index in [0.29, 0.717) is 22.0 Å². The molecule has 0 unspecified atom stereocenters. The molecule has 6 nitrogen and oxygen atoms in total. The van der Waals surface area contributed by atoms with Crippen LogP contribution in [0.4, 0.5) is 0 Å². The van der Waals surface area contributed by atoms with Crippen LogP contribution in [0.15, 0.2) is 59.4 Å². The Morgan fingerprint density at radius 2 is 1.60 bits per heavy atom. The van der Waals surface area contributed by atoms with Crippen LogP contribution in [-0.2, 0) is 11.3 Å². The van der Waals surface area contributed by atoms with Gasteiger partial charge in [-0.1, -0.05) is 48.5 Å². The van der Waals surface area contributed by atoms with Crippen molar-refractivity contribution < 1.29 is 9.59 Å². The average Bonchev–Trinajstić information content (AvgIpc) is 2.66. The zero-order valence-corrected chi connectivity index (χ0v) is 13.5. The summed E-state index contributed by atoms with van der Waals surface area (Å²) in [5.41, 5.74) is 0.917. The number of carbonyl (C=O) groups is 2. The molecule has 0 fully saturated rings. The van der Waals surface area contributed by atoms with Crippen molar-refractivity contribution in [2.45, 2.75) is 19.4 Å². The Bertz CT molecular complexity index is 964. The van der Waals surface area contributed by atoms with E-state index in [1.165, 1.54) is 0 Å². The number of Topliss-reactive ketones (excluding diaryl/α,β-unsaturated/α-hetero) is 1. The van der Waals surface area contributed by atoms with E-state index in [1.54, 1.807) is 42.5 Å². The Kier molecular flexibility index (Phi) is 4.99. The second kappa shape index (κ2) is 7.53. The molecule has 1 amide bonds. The molecule has 0 saturated carbocycles. The van der Waals surface area contributed by atoms with Crippen molar-refractivity contribution in [2.24, 2.45) is 0 Å². The Labute approximate surface area is 143 Å². The Balaban J connectivity index is 1.59. The first-order valence-corrected chi connectivity index (χ1v) is 7.96. The number of ketones is 1. The SMILES string of the molecule is O=C(CCC(=O)c1ccccc1)NCc1n[nH]c(=O)c2ccccc12. The molecule has 0 saturated heterocycles. The smallest absolute Gasteiger partial charge is 0.272 e. The molecule has 126 valence electrons. The fourth-order valence-corrected chi connectivity index (χ4v) is 2.57. The maximum atomic E-state index is 12.0. The van der Waals surface area contributed by atoms with Crippen molar-refractivity contribution in [2.75, 3.05) is 0 Å². The van der Waals surface area contributed by atoms with Gasteiger partial charge >= 0.3 is 0 Å². The van der Waals surface area contributed by atoms with Gasteiger partial charge in [-0.3, -0.25) is 14.4 Å². The summed E-state index contributed by atoms with van der Waals surface area (Å²) in [6.07, 6.45) is 0.255. The number of amides is 1. The van der Waals surface area contributed by atoms with Crippen LogP contribution in [0.25, 0.3) is 10.8 Å². The van der Waals surface area contributed by atoms with Crippen LogP contribution in [0.3, 0.4) is 0 Å². The number of fused-ring (bicyclic) bond motifs is 1. The molecule has 25 heavy (non-hydrogen) atoms. The Morgan fingerprint density at radius 3 is 2.36 bits per heavy atom. The van der Waals surface area contributed by atoms with Crippen molar-refractivity contribution in [1.29, 1.82) is 0 Å². The van der Waals surface area contributed by atoms with E-state index < -0.39 is 0 Å². The highest BCUT2D eigenvalue weighted by Crippen LogP contribution is 2.12. The fourth-order valence-electron chi connectivity index (χ4n) is 2.57. The van der Waals surface area contributed by atoms with Gasteiger partial charge in [-0.05, 0) is 6.07 Å². The largest absolute Gasteiger partial charge is 0.350 e. The molecule has 3 aromatic rings. The third kappa shape index (κ3) is 3.98. The number of aromatic nitrogens is 2. The first-order chi connectivity index (χ1) is 12.1. The first-order valence-electron chi connectivity index (χ1n) is 7.96. The monoisotopic (exact) mass is 335 g/mol. The maximum Gasteiger partial charge on any atom is 0.272 e. The molecule has 0 aliphatic carbocycles. The highest BCUT2D eigenvalue weighted by Gasteiger charge is 2.10. The zero-order valence-electron chi connectivity index (χ0n) is 13.5. The number of hydrogen-bond donors (Lipinski definition) is 2. The fraction of sp³-hybridized carbons (Fsp3) is 0.158. The van der Waals surface area contributed by atoms with Gasteiger partial charge in [0.2, 0.25) is 5.91 Å². The predicted octanol–water partition coefficient (Wildman–Crippen LogP) is 2.20. The highest BCUT2D eigenvalue weighted by atomic mass is 16.2. The lowest BCUT2D eigenvalue weighted by Crippen LogP contribution is -2.25. The van der Waals surface area contributed by atoms with Gasteiger partial charge in [-0.2, -0.15) is 5.10 Å². The van der Waals surface area contributed by atoms with Crippen molar-refractivity contribution in [1.82, 2.24) is 15.5 Å². The Morgan fingerprint density at radius 1 is 0.920 bits per heavy atom. The molecular weight excluding hydrogens is 318 g/mol. The number of nitrogens with one attached hydrogen (secondary N) is 2. The third-order valence-electron chi connectivity index (χ3n) is 3.90. The second-order valence-electron chi connectivity index (χ2n) is 5.61. The lowest BCUT2D eigenvalue weighted by atomic mass is 10.1. The molecule has 0 aliphatic heterocycles. The number of H-pyrrole nitrogens is 1. The molecule has 0 spiro atoms. The van der Waals surface area contributed by atoms with Crippen LogP contribution in [0.1, 0.15) is 28.9 Å². The minimum atomic E-state index is -0.265. The van der Waals surface area contributed by atoms with Gasteiger partial charge in [0.1, 0.15) is 0 Å². The summed E-state index contributed by atoms with van der Waals surface area (Å²) < 4.78 is 0. The summed E-state index contributed by atoms with van der Waals surface area (Å²) in [6, 6.07) is 16.0. The molecule has 0 aliphatic rings.